The number of hydrogen-bond acceptors (Lipinski definition) is 1. The van der Waals surface area contributed by atoms with E-state index in [0.29, 0.717) is 17.0 Å². The van der Waals surface area contributed by atoms with Crippen molar-refractivity contribution < 1.29 is 4.39 Å². The summed E-state index contributed by atoms with van der Waals surface area (Å²) in [6, 6.07) is 4.76. The largest absolute Gasteiger partial charge is 0.302 e. The van der Waals surface area contributed by atoms with Crippen LogP contribution < -0.4 is 0 Å². The van der Waals surface area contributed by atoms with Gasteiger partial charge < -0.3 is 4.90 Å². The normalized spacial score (nSPS) is 13.3. The first kappa shape index (κ1) is 11.5. The van der Waals surface area contributed by atoms with Crippen LogP contribution in [0.5, 0.6) is 0 Å². The van der Waals surface area contributed by atoms with Gasteiger partial charge in [0.1, 0.15) is 5.82 Å². The van der Waals surface area contributed by atoms with Crippen molar-refractivity contribution in [2.24, 2.45) is 0 Å². The van der Waals surface area contributed by atoms with Gasteiger partial charge in [0.15, 0.2) is 0 Å². The van der Waals surface area contributed by atoms with Crippen molar-refractivity contribution >= 4 is 11.6 Å². The van der Waals surface area contributed by atoms with Crippen LogP contribution in [0.4, 0.5) is 4.39 Å². The van der Waals surface area contributed by atoms with E-state index in [4.69, 9.17) is 11.6 Å². The van der Waals surface area contributed by atoms with Crippen LogP contribution in [0.25, 0.3) is 0 Å². The quantitative estimate of drug-likeness (QED) is 0.746. The summed E-state index contributed by atoms with van der Waals surface area (Å²) >= 11 is 5.68. The summed E-state index contributed by atoms with van der Waals surface area (Å²) < 4.78 is 13.5. The minimum atomic E-state index is -0.264. The fraction of sp³-hybridized carbons (Fsp3) is 0.364. The molecule has 1 aromatic rings. The third-order valence-electron chi connectivity index (χ3n) is 2.22. The minimum absolute atomic E-state index is 0.00673. The molecule has 0 fully saturated rings. The van der Waals surface area contributed by atoms with E-state index in [9.17, 15) is 4.39 Å². The third kappa shape index (κ3) is 2.46. The predicted molar refractivity (Wildman–Crippen MR) is 57.8 cm³/mol. The Morgan fingerprint density at radius 1 is 1.50 bits per heavy atom. The molecule has 1 unspecified atom stereocenters. The SMILES string of the molecule is [CH2]CC(c1ccc(Cl)cc1F)N(C)C. The molecule has 77 valence electrons. The van der Waals surface area contributed by atoms with Crippen molar-refractivity contribution in [1.29, 1.82) is 0 Å². The lowest BCUT2D eigenvalue weighted by atomic mass is 10.0. The van der Waals surface area contributed by atoms with Crippen LogP contribution >= 0.6 is 11.6 Å². The van der Waals surface area contributed by atoms with E-state index >= 15 is 0 Å². The molecule has 1 nitrogen and oxygen atoms in total. The Balaban J connectivity index is 3.04. The van der Waals surface area contributed by atoms with E-state index in [0.717, 1.165) is 0 Å². The van der Waals surface area contributed by atoms with Gasteiger partial charge in [-0.25, -0.2) is 4.39 Å². The summed E-state index contributed by atoms with van der Waals surface area (Å²) in [4.78, 5) is 1.94. The predicted octanol–water partition coefficient (Wildman–Crippen LogP) is 3.31. The molecule has 0 aliphatic rings. The molecule has 1 rings (SSSR count). The first-order valence-corrected chi connectivity index (χ1v) is 4.84. The summed E-state index contributed by atoms with van der Waals surface area (Å²) in [6.07, 6.45) is 0.631. The molecular formula is C11H14ClFN. The van der Waals surface area contributed by atoms with Gasteiger partial charge in [0.25, 0.3) is 0 Å². The van der Waals surface area contributed by atoms with Crippen LogP contribution in [0.3, 0.4) is 0 Å². The van der Waals surface area contributed by atoms with Crippen LogP contribution in [-0.2, 0) is 0 Å². The average Bonchev–Trinajstić information content (AvgIpc) is 2.09. The molecule has 1 radical (unpaired) electrons. The molecule has 0 saturated heterocycles. The van der Waals surface area contributed by atoms with Gasteiger partial charge in [0.2, 0.25) is 0 Å². The minimum Gasteiger partial charge on any atom is -0.302 e. The Kier molecular flexibility index (Phi) is 3.90. The lowest BCUT2D eigenvalue weighted by Gasteiger charge is -2.23. The van der Waals surface area contributed by atoms with Crippen LogP contribution in [-0.4, -0.2) is 19.0 Å². The average molecular weight is 215 g/mol. The number of hydrogen-bond donors (Lipinski definition) is 0. The maximum atomic E-state index is 13.5. The van der Waals surface area contributed by atoms with Crippen LogP contribution in [0.1, 0.15) is 18.0 Å². The molecule has 3 heteroatoms. The maximum Gasteiger partial charge on any atom is 0.129 e. The van der Waals surface area contributed by atoms with Gasteiger partial charge in [-0.3, -0.25) is 0 Å². The van der Waals surface area contributed by atoms with Gasteiger partial charge in [0.05, 0.1) is 0 Å². The molecular weight excluding hydrogens is 201 g/mol. The van der Waals surface area contributed by atoms with E-state index in [1.54, 1.807) is 12.1 Å². The van der Waals surface area contributed by atoms with Crippen molar-refractivity contribution in [3.63, 3.8) is 0 Å². The van der Waals surface area contributed by atoms with Gasteiger partial charge in [-0.15, -0.1) is 0 Å². The highest BCUT2D eigenvalue weighted by atomic mass is 35.5. The number of nitrogens with zero attached hydrogens (tertiary/aromatic N) is 1. The zero-order valence-electron chi connectivity index (χ0n) is 8.43. The monoisotopic (exact) mass is 214 g/mol. The van der Waals surface area contributed by atoms with Gasteiger partial charge in [-0.05, 0) is 32.6 Å². The molecule has 0 aliphatic heterocycles. The molecule has 1 atom stereocenters. The first-order valence-electron chi connectivity index (χ1n) is 4.47. The van der Waals surface area contributed by atoms with Crippen molar-refractivity contribution in [2.45, 2.75) is 12.5 Å². The smallest absolute Gasteiger partial charge is 0.129 e. The van der Waals surface area contributed by atoms with Crippen LogP contribution in [0.15, 0.2) is 18.2 Å². The Morgan fingerprint density at radius 3 is 2.57 bits per heavy atom. The van der Waals surface area contributed by atoms with E-state index in [2.05, 4.69) is 6.92 Å². The lowest BCUT2D eigenvalue weighted by molar-refractivity contribution is 0.293. The van der Waals surface area contributed by atoms with E-state index in [1.165, 1.54) is 6.07 Å². The molecule has 0 aliphatic carbocycles. The first-order chi connectivity index (χ1) is 6.56. The third-order valence-corrected chi connectivity index (χ3v) is 2.45. The molecule has 0 spiro atoms. The zero-order chi connectivity index (χ0) is 10.7. The number of halogens is 2. The highest BCUT2D eigenvalue weighted by Crippen LogP contribution is 2.25. The molecule has 0 aromatic heterocycles. The Labute approximate surface area is 89.5 Å². The summed E-state index contributed by atoms with van der Waals surface area (Å²) in [5.74, 6) is -0.264. The van der Waals surface area contributed by atoms with Crippen molar-refractivity contribution in [3.8, 4) is 0 Å². The second kappa shape index (κ2) is 4.76. The van der Waals surface area contributed by atoms with Gasteiger partial charge in [0, 0.05) is 16.6 Å². The Hall–Kier alpha value is -0.600. The van der Waals surface area contributed by atoms with Crippen LogP contribution in [0.2, 0.25) is 5.02 Å². The molecule has 0 saturated carbocycles. The standard InChI is InChI=1S/C11H14ClFN/c1-4-11(14(2)3)9-6-5-8(12)7-10(9)13/h5-7,11H,1,4H2,2-3H3. The second-order valence-electron chi connectivity index (χ2n) is 3.43. The fourth-order valence-corrected chi connectivity index (χ4v) is 1.62. The van der Waals surface area contributed by atoms with Crippen molar-refractivity contribution in [1.82, 2.24) is 4.90 Å². The van der Waals surface area contributed by atoms with E-state index in [1.807, 2.05) is 19.0 Å². The van der Waals surface area contributed by atoms with Crippen LogP contribution in [0, 0.1) is 12.7 Å². The van der Waals surface area contributed by atoms with E-state index in [-0.39, 0.29) is 11.9 Å². The highest BCUT2D eigenvalue weighted by Gasteiger charge is 2.15. The molecule has 1 aromatic carbocycles. The summed E-state index contributed by atoms with van der Waals surface area (Å²) in [6.45, 7) is 3.81. The summed E-state index contributed by atoms with van der Waals surface area (Å²) in [5, 5.41) is 0.424. The molecule has 14 heavy (non-hydrogen) atoms. The van der Waals surface area contributed by atoms with Gasteiger partial charge in [-0.1, -0.05) is 24.6 Å². The number of benzene rings is 1. The van der Waals surface area contributed by atoms with Gasteiger partial charge in [-0.2, -0.15) is 0 Å². The zero-order valence-corrected chi connectivity index (χ0v) is 9.18. The molecule has 0 bridgehead atoms. The number of rotatable bonds is 3. The van der Waals surface area contributed by atoms with Gasteiger partial charge >= 0.3 is 0 Å². The van der Waals surface area contributed by atoms with Crippen molar-refractivity contribution in [3.05, 3.63) is 41.5 Å². The second-order valence-corrected chi connectivity index (χ2v) is 3.87. The molecule has 0 heterocycles. The highest BCUT2D eigenvalue weighted by molar-refractivity contribution is 6.30. The Bertz CT molecular complexity index is 312. The maximum absolute atomic E-state index is 13.5. The lowest BCUT2D eigenvalue weighted by Crippen LogP contribution is -2.20. The molecule has 0 amide bonds. The fourth-order valence-electron chi connectivity index (χ4n) is 1.46. The summed E-state index contributed by atoms with van der Waals surface area (Å²) in [5.41, 5.74) is 0.648. The van der Waals surface area contributed by atoms with Crippen molar-refractivity contribution in [2.75, 3.05) is 14.1 Å². The topological polar surface area (TPSA) is 3.24 Å². The van der Waals surface area contributed by atoms with E-state index < -0.39 is 0 Å². The summed E-state index contributed by atoms with van der Waals surface area (Å²) in [7, 11) is 3.81. The molecule has 0 N–H and O–H groups in total. The Morgan fingerprint density at radius 2 is 2.14 bits per heavy atom.